The molecule has 4 N–H and O–H groups in total. The van der Waals surface area contributed by atoms with E-state index in [-0.39, 0.29) is 13.2 Å². The van der Waals surface area contributed by atoms with Crippen molar-refractivity contribution in [3.63, 3.8) is 0 Å². The van der Waals surface area contributed by atoms with Crippen molar-refractivity contribution in [1.82, 2.24) is 0 Å². The van der Waals surface area contributed by atoms with Crippen molar-refractivity contribution in [3.8, 4) is 5.75 Å². The van der Waals surface area contributed by atoms with Crippen LogP contribution in [0.25, 0.3) is 0 Å². The molecule has 0 aliphatic rings. The Kier molecular flexibility index (Phi) is 6.74. The smallest absolute Gasteiger partial charge is 0.118 e. The van der Waals surface area contributed by atoms with E-state index in [0.717, 1.165) is 5.56 Å². The van der Waals surface area contributed by atoms with Gasteiger partial charge in [0, 0.05) is 0 Å². The maximum absolute atomic E-state index is 8.92. The third-order valence-electron chi connectivity index (χ3n) is 1.54. The fraction of sp³-hybridized carbons (Fsp3) is 0.400. The summed E-state index contributed by atoms with van der Waals surface area (Å²) >= 11 is 0. The zero-order chi connectivity index (χ0) is 11.0. The Labute approximate surface area is 83.1 Å². The third-order valence-corrected chi connectivity index (χ3v) is 1.54. The Balaban J connectivity index is 0.000000255. The summed E-state index contributed by atoms with van der Waals surface area (Å²) in [6, 6.07) is 7.25. The summed E-state index contributed by atoms with van der Waals surface area (Å²) in [5, 5.41) is 32.9. The van der Waals surface area contributed by atoms with E-state index < -0.39 is 6.10 Å². The molecule has 0 aliphatic heterocycles. The predicted molar refractivity (Wildman–Crippen MR) is 53.0 cm³/mol. The topological polar surface area (TPSA) is 80.9 Å². The molecular formula is C10H16O4. The van der Waals surface area contributed by atoms with Crippen molar-refractivity contribution >= 4 is 0 Å². The van der Waals surface area contributed by atoms with Crippen LogP contribution in [0, 0.1) is 6.92 Å². The van der Waals surface area contributed by atoms with Gasteiger partial charge in [-0.15, -0.1) is 0 Å². The molecule has 0 heterocycles. The second-order valence-corrected chi connectivity index (χ2v) is 2.81. The van der Waals surface area contributed by atoms with Gasteiger partial charge in [-0.25, -0.2) is 0 Å². The lowest BCUT2D eigenvalue weighted by molar-refractivity contribution is 0.0450. The number of phenols is 1. The van der Waals surface area contributed by atoms with Gasteiger partial charge in [-0.1, -0.05) is 18.2 Å². The van der Waals surface area contributed by atoms with E-state index in [9.17, 15) is 0 Å². The normalized spacial score (nSPS) is 9.50. The van der Waals surface area contributed by atoms with Crippen molar-refractivity contribution in [2.24, 2.45) is 0 Å². The molecule has 14 heavy (non-hydrogen) atoms. The average molecular weight is 200 g/mol. The lowest BCUT2D eigenvalue weighted by Gasteiger charge is -1.96. The number of rotatable bonds is 2. The number of aryl methyl sites for hydroxylation is 1. The highest BCUT2D eigenvalue weighted by atomic mass is 16.3. The van der Waals surface area contributed by atoms with Crippen LogP contribution in [0.5, 0.6) is 5.75 Å². The van der Waals surface area contributed by atoms with Crippen LogP contribution in [0.15, 0.2) is 24.3 Å². The maximum atomic E-state index is 8.92. The minimum absolute atomic E-state index is 0.365. The Morgan fingerprint density at radius 2 is 1.64 bits per heavy atom. The Morgan fingerprint density at radius 1 is 1.14 bits per heavy atom. The molecule has 1 rings (SSSR count). The molecule has 0 fully saturated rings. The van der Waals surface area contributed by atoms with Gasteiger partial charge >= 0.3 is 0 Å². The van der Waals surface area contributed by atoms with Crippen molar-refractivity contribution in [3.05, 3.63) is 29.8 Å². The van der Waals surface area contributed by atoms with Crippen molar-refractivity contribution < 1.29 is 20.4 Å². The van der Waals surface area contributed by atoms with E-state index in [2.05, 4.69) is 0 Å². The van der Waals surface area contributed by atoms with E-state index in [1.165, 1.54) is 0 Å². The van der Waals surface area contributed by atoms with Gasteiger partial charge in [0.15, 0.2) is 0 Å². The number of hydrogen-bond donors (Lipinski definition) is 4. The van der Waals surface area contributed by atoms with Crippen molar-refractivity contribution in [1.29, 1.82) is 0 Å². The predicted octanol–water partition coefficient (Wildman–Crippen LogP) is 0.0325. The fourth-order valence-corrected chi connectivity index (χ4v) is 0.621. The molecule has 0 aliphatic carbocycles. The number of aromatic hydroxyl groups is 1. The minimum atomic E-state index is -0.954. The zero-order valence-electron chi connectivity index (χ0n) is 8.09. The van der Waals surface area contributed by atoms with Gasteiger partial charge < -0.3 is 20.4 Å². The van der Waals surface area contributed by atoms with Gasteiger partial charge in [-0.3, -0.25) is 0 Å². The molecule has 0 aromatic heterocycles. The standard InChI is InChI=1S/C7H8O.C3H8O3/c1-6-4-2-3-5-7(6)8;4-1-3(6)2-5/h2-5,8H,1H3;3-6H,1-2H2. The van der Waals surface area contributed by atoms with Crippen LogP contribution < -0.4 is 0 Å². The van der Waals surface area contributed by atoms with Crippen LogP contribution in [-0.4, -0.2) is 39.7 Å². The summed E-state index contributed by atoms with van der Waals surface area (Å²) in [5.41, 5.74) is 0.924. The van der Waals surface area contributed by atoms with Crippen molar-refractivity contribution in [2.75, 3.05) is 13.2 Å². The van der Waals surface area contributed by atoms with Gasteiger partial charge in [0.05, 0.1) is 13.2 Å². The Morgan fingerprint density at radius 3 is 1.86 bits per heavy atom. The average Bonchev–Trinajstić information content (AvgIpc) is 2.22. The third kappa shape index (κ3) is 5.53. The molecule has 0 bridgehead atoms. The summed E-state index contributed by atoms with van der Waals surface area (Å²) in [4.78, 5) is 0. The molecule has 0 saturated carbocycles. The molecule has 0 saturated heterocycles. The molecular weight excluding hydrogens is 184 g/mol. The van der Waals surface area contributed by atoms with E-state index in [1.54, 1.807) is 6.07 Å². The number of hydrogen-bond acceptors (Lipinski definition) is 4. The van der Waals surface area contributed by atoms with Gasteiger partial charge in [-0.05, 0) is 18.6 Å². The molecule has 0 radical (unpaired) electrons. The molecule has 4 heteroatoms. The minimum Gasteiger partial charge on any atom is -0.508 e. The molecule has 4 nitrogen and oxygen atoms in total. The van der Waals surface area contributed by atoms with Crippen LogP contribution in [0.3, 0.4) is 0 Å². The van der Waals surface area contributed by atoms with Gasteiger partial charge in [0.1, 0.15) is 11.9 Å². The highest BCUT2D eigenvalue weighted by Gasteiger charge is 1.93. The number of para-hydroxylation sites is 1. The summed E-state index contributed by atoms with van der Waals surface area (Å²) < 4.78 is 0. The Bertz CT molecular complexity index is 225. The Hall–Kier alpha value is -1.10. The second-order valence-electron chi connectivity index (χ2n) is 2.81. The molecule has 0 spiro atoms. The monoisotopic (exact) mass is 200 g/mol. The number of aliphatic hydroxyl groups excluding tert-OH is 3. The molecule has 80 valence electrons. The van der Waals surface area contributed by atoms with Crippen LogP contribution in [0.1, 0.15) is 5.56 Å². The van der Waals surface area contributed by atoms with Gasteiger partial charge in [-0.2, -0.15) is 0 Å². The molecule has 0 atom stereocenters. The SMILES string of the molecule is Cc1ccccc1O.OCC(O)CO. The van der Waals surface area contributed by atoms with Crippen LogP contribution in [0.2, 0.25) is 0 Å². The number of benzene rings is 1. The van der Waals surface area contributed by atoms with Crippen LogP contribution in [0.4, 0.5) is 0 Å². The molecule has 0 amide bonds. The summed E-state index contributed by atoms with van der Waals surface area (Å²) in [5.74, 6) is 0.368. The zero-order valence-corrected chi connectivity index (χ0v) is 8.09. The summed E-state index contributed by atoms with van der Waals surface area (Å²) in [6.45, 7) is 1.14. The first-order valence-electron chi connectivity index (χ1n) is 4.26. The van der Waals surface area contributed by atoms with Crippen molar-refractivity contribution in [2.45, 2.75) is 13.0 Å². The maximum Gasteiger partial charge on any atom is 0.118 e. The van der Waals surface area contributed by atoms with Gasteiger partial charge in [0.25, 0.3) is 0 Å². The first-order chi connectivity index (χ1) is 6.61. The number of phenolic OH excluding ortho intramolecular Hbond substituents is 1. The van der Waals surface area contributed by atoms with Crippen LogP contribution in [-0.2, 0) is 0 Å². The van der Waals surface area contributed by atoms with Crippen LogP contribution >= 0.6 is 0 Å². The van der Waals surface area contributed by atoms with E-state index >= 15 is 0 Å². The molecule has 1 aromatic carbocycles. The van der Waals surface area contributed by atoms with E-state index in [4.69, 9.17) is 20.4 Å². The van der Waals surface area contributed by atoms with E-state index in [0.29, 0.717) is 5.75 Å². The fourth-order valence-electron chi connectivity index (χ4n) is 0.621. The molecule has 0 unspecified atom stereocenters. The highest BCUT2D eigenvalue weighted by Crippen LogP contribution is 2.12. The molecule has 1 aromatic rings. The lowest BCUT2D eigenvalue weighted by Crippen LogP contribution is -2.15. The number of aliphatic hydroxyl groups is 3. The summed E-state index contributed by atoms with van der Waals surface area (Å²) in [6.07, 6.45) is -0.954. The highest BCUT2D eigenvalue weighted by molar-refractivity contribution is 5.29. The first-order valence-corrected chi connectivity index (χ1v) is 4.26. The lowest BCUT2D eigenvalue weighted by atomic mass is 10.2. The largest absolute Gasteiger partial charge is 0.508 e. The summed E-state index contributed by atoms with van der Waals surface area (Å²) in [7, 11) is 0. The second kappa shape index (κ2) is 7.32. The van der Waals surface area contributed by atoms with E-state index in [1.807, 2.05) is 25.1 Å². The quantitative estimate of drug-likeness (QED) is 0.543. The van der Waals surface area contributed by atoms with Gasteiger partial charge in [0.2, 0.25) is 0 Å². The first kappa shape index (κ1) is 12.9.